The molecule has 148 valence electrons. The smallest absolute Gasteiger partial charge is 0.240 e. The first kappa shape index (κ1) is 18.2. The first-order valence-corrected chi connectivity index (χ1v) is 10.1. The number of H-pyrrole nitrogens is 1. The molecule has 0 radical (unpaired) electrons. The van der Waals surface area contributed by atoms with Crippen LogP contribution in [0.5, 0.6) is 0 Å². The van der Waals surface area contributed by atoms with E-state index >= 15 is 0 Å². The van der Waals surface area contributed by atoms with Gasteiger partial charge in [-0.05, 0) is 41.6 Å². The number of aromatic nitrogens is 3. The molecule has 0 saturated carbocycles. The maximum Gasteiger partial charge on any atom is 0.240 e. The van der Waals surface area contributed by atoms with Crippen LogP contribution in [0.1, 0.15) is 17.4 Å². The highest BCUT2D eigenvalue weighted by molar-refractivity contribution is 5.83. The van der Waals surface area contributed by atoms with Gasteiger partial charge in [-0.25, -0.2) is 4.98 Å². The summed E-state index contributed by atoms with van der Waals surface area (Å²) < 4.78 is 1.98. The van der Waals surface area contributed by atoms with Crippen molar-refractivity contribution in [2.75, 3.05) is 0 Å². The number of benzene rings is 3. The number of hydrogen-bond donors (Lipinski definition) is 2. The number of fused-ring (bicyclic) bond motifs is 2. The Balaban J connectivity index is 1.41. The third kappa shape index (κ3) is 3.70. The lowest BCUT2D eigenvalue weighted by Crippen LogP contribution is -2.33. The van der Waals surface area contributed by atoms with Crippen LogP contribution in [-0.2, 0) is 17.8 Å². The Bertz CT molecular complexity index is 1270. The summed E-state index contributed by atoms with van der Waals surface area (Å²) in [7, 11) is 0. The fourth-order valence-electron chi connectivity index (χ4n) is 3.88. The Labute approximate surface area is 174 Å². The molecular formula is C25H22N4O. The Morgan fingerprint density at radius 1 is 0.933 bits per heavy atom. The summed E-state index contributed by atoms with van der Waals surface area (Å²) in [5.41, 5.74) is 4.07. The van der Waals surface area contributed by atoms with Crippen LogP contribution in [0.15, 0.2) is 91.1 Å². The van der Waals surface area contributed by atoms with E-state index in [1.807, 2.05) is 77.5 Å². The van der Waals surface area contributed by atoms with Gasteiger partial charge in [0, 0.05) is 11.7 Å². The number of amides is 1. The number of carbonyl (C=O) groups excluding carboxylic acids is 1. The van der Waals surface area contributed by atoms with Gasteiger partial charge >= 0.3 is 0 Å². The van der Waals surface area contributed by atoms with Crippen LogP contribution >= 0.6 is 0 Å². The minimum absolute atomic E-state index is 0.0438. The first-order chi connectivity index (χ1) is 14.8. The molecule has 0 unspecified atom stereocenters. The van der Waals surface area contributed by atoms with Gasteiger partial charge in [0.15, 0.2) is 0 Å². The average Bonchev–Trinajstić information content (AvgIpc) is 3.38. The molecule has 1 amide bonds. The molecule has 5 rings (SSSR count). The minimum Gasteiger partial charge on any atom is -0.344 e. The zero-order chi connectivity index (χ0) is 20.3. The van der Waals surface area contributed by atoms with Crippen molar-refractivity contribution < 1.29 is 4.79 Å². The summed E-state index contributed by atoms with van der Waals surface area (Å²) in [4.78, 5) is 21.1. The molecule has 2 aromatic heterocycles. The number of nitrogens with one attached hydrogen (secondary N) is 2. The molecule has 2 N–H and O–H groups in total. The van der Waals surface area contributed by atoms with Crippen LogP contribution in [-0.4, -0.2) is 20.4 Å². The molecule has 0 aliphatic carbocycles. The number of aromatic amines is 1. The molecule has 0 fully saturated rings. The van der Waals surface area contributed by atoms with Crippen LogP contribution in [0, 0.1) is 0 Å². The zero-order valence-corrected chi connectivity index (χ0v) is 16.5. The van der Waals surface area contributed by atoms with Crippen molar-refractivity contribution >= 4 is 27.8 Å². The zero-order valence-electron chi connectivity index (χ0n) is 16.5. The van der Waals surface area contributed by atoms with Crippen molar-refractivity contribution in [2.45, 2.75) is 19.0 Å². The van der Waals surface area contributed by atoms with E-state index in [1.165, 1.54) is 0 Å². The SMILES string of the molecule is O=C(Cn1ccc2ccccc21)N[C@H](Cc1ccccc1)c1nc2ccccc2[nH]1. The summed E-state index contributed by atoms with van der Waals surface area (Å²) in [6.07, 6.45) is 2.62. The summed E-state index contributed by atoms with van der Waals surface area (Å²) >= 11 is 0. The summed E-state index contributed by atoms with van der Waals surface area (Å²) in [6.45, 7) is 0.263. The molecule has 5 heteroatoms. The lowest BCUT2D eigenvalue weighted by atomic mass is 10.1. The Hall–Kier alpha value is -3.86. The van der Waals surface area contributed by atoms with E-state index in [9.17, 15) is 4.79 Å². The summed E-state index contributed by atoms with van der Waals surface area (Å²) in [5, 5.41) is 4.32. The van der Waals surface area contributed by atoms with Crippen LogP contribution in [0.3, 0.4) is 0 Å². The maximum atomic E-state index is 13.0. The van der Waals surface area contributed by atoms with Crippen molar-refractivity contribution in [2.24, 2.45) is 0 Å². The molecule has 0 aliphatic heterocycles. The van der Waals surface area contributed by atoms with Gasteiger partial charge in [-0.2, -0.15) is 0 Å². The fraction of sp³-hybridized carbons (Fsp3) is 0.120. The monoisotopic (exact) mass is 394 g/mol. The number of carbonyl (C=O) groups is 1. The van der Waals surface area contributed by atoms with E-state index in [2.05, 4.69) is 28.5 Å². The van der Waals surface area contributed by atoms with E-state index < -0.39 is 0 Å². The third-order valence-corrected chi connectivity index (χ3v) is 5.35. The Kier molecular flexibility index (Phi) is 4.77. The second kappa shape index (κ2) is 7.87. The molecular weight excluding hydrogens is 372 g/mol. The van der Waals surface area contributed by atoms with Crippen LogP contribution in [0.25, 0.3) is 21.9 Å². The van der Waals surface area contributed by atoms with Gasteiger partial charge in [-0.15, -0.1) is 0 Å². The molecule has 0 aliphatic rings. The molecule has 0 bridgehead atoms. The third-order valence-electron chi connectivity index (χ3n) is 5.35. The number of rotatable bonds is 6. The topological polar surface area (TPSA) is 62.7 Å². The van der Waals surface area contributed by atoms with Crippen molar-refractivity contribution in [3.63, 3.8) is 0 Å². The van der Waals surface area contributed by atoms with Crippen LogP contribution in [0.4, 0.5) is 0 Å². The normalized spacial score (nSPS) is 12.3. The molecule has 3 aromatic carbocycles. The van der Waals surface area contributed by atoms with Crippen molar-refractivity contribution in [3.8, 4) is 0 Å². The lowest BCUT2D eigenvalue weighted by molar-refractivity contribution is -0.122. The van der Waals surface area contributed by atoms with E-state index in [0.717, 1.165) is 33.3 Å². The largest absolute Gasteiger partial charge is 0.344 e. The highest BCUT2D eigenvalue weighted by Crippen LogP contribution is 2.20. The highest BCUT2D eigenvalue weighted by atomic mass is 16.2. The average molecular weight is 394 g/mol. The quantitative estimate of drug-likeness (QED) is 0.441. The Morgan fingerprint density at radius 3 is 2.57 bits per heavy atom. The van der Waals surface area contributed by atoms with Gasteiger partial charge in [0.2, 0.25) is 5.91 Å². The molecule has 5 aromatic rings. The number of imidazole rings is 1. The predicted octanol–water partition coefficient (Wildman–Crippen LogP) is 4.62. The van der Waals surface area contributed by atoms with Gasteiger partial charge in [0.1, 0.15) is 12.4 Å². The summed E-state index contributed by atoms with van der Waals surface area (Å²) in [5.74, 6) is 0.725. The molecule has 2 heterocycles. The predicted molar refractivity (Wildman–Crippen MR) is 119 cm³/mol. The summed E-state index contributed by atoms with van der Waals surface area (Å²) in [6, 6.07) is 27.9. The second-order valence-electron chi connectivity index (χ2n) is 7.45. The molecule has 0 spiro atoms. The van der Waals surface area contributed by atoms with Crippen molar-refractivity contribution in [3.05, 3.63) is 103 Å². The van der Waals surface area contributed by atoms with Crippen molar-refractivity contribution in [1.29, 1.82) is 0 Å². The molecule has 1 atom stereocenters. The number of nitrogens with zero attached hydrogens (tertiary/aromatic N) is 2. The van der Waals surface area contributed by atoms with Crippen LogP contribution < -0.4 is 5.32 Å². The van der Waals surface area contributed by atoms with E-state index in [-0.39, 0.29) is 18.5 Å². The van der Waals surface area contributed by atoms with Gasteiger partial charge in [0.25, 0.3) is 0 Å². The second-order valence-corrected chi connectivity index (χ2v) is 7.45. The molecule has 30 heavy (non-hydrogen) atoms. The van der Waals surface area contributed by atoms with Gasteiger partial charge in [-0.3, -0.25) is 4.79 Å². The van der Waals surface area contributed by atoms with E-state index in [0.29, 0.717) is 6.42 Å². The highest BCUT2D eigenvalue weighted by Gasteiger charge is 2.19. The van der Waals surface area contributed by atoms with E-state index in [1.54, 1.807) is 0 Å². The van der Waals surface area contributed by atoms with Gasteiger partial charge < -0.3 is 14.9 Å². The lowest BCUT2D eigenvalue weighted by Gasteiger charge is -2.17. The van der Waals surface area contributed by atoms with Gasteiger partial charge in [0.05, 0.1) is 17.1 Å². The van der Waals surface area contributed by atoms with Gasteiger partial charge in [-0.1, -0.05) is 60.7 Å². The standard InChI is InChI=1S/C25H22N4O/c30-24(17-29-15-14-19-10-4-7-13-23(19)29)26-22(16-18-8-2-1-3-9-18)25-27-20-11-5-6-12-21(20)28-25/h1-15,22H,16-17H2,(H,26,30)(H,27,28)/t22-/m1/s1. The van der Waals surface area contributed by atoms with E-state index in [4.69, 9.17) is 4.98 Å². The minimum atomic E-state index is -0.242. The first-order valence-electron chi connectivity index (χ1n) is 10.1. The number of para-hydroxylation sites is 3. The van der Waals surface area contributed by atoms with Crippen molar-refractivity contribution in [1.82, 2.24) is 19.9 Å². The molecule has 0 saturated heterocycles. The maximum absolute atomic E-state index is 13.0. The fourth-order valence-corrected chi connectivity index (χ4v) is 3.88. The Morgan fingerprint density at radius 2 is 1.70 bits per heavy atom. The number of hydrogen-bond acceptors (Lipinski definition) is 2. The molecule has 5 nitrogen and oxygen atoms in total. The van der Waals surface area contributed by atoms with Crippen LogP contribution in [0.2, 0.25) is 0 Å².